The lowest BCUT2D eigenvalue weighted by molar-refractivity contribution is 0.219. The van der Waals surface area contributed by atoms with Gasteiger partial charge in [-0.15, -0.1) is 0 Å². The molecule has 2 atom stereocenters. The number of pyridine rings is 1. The van der Waals surface area contributed by atoms with Gasteiger partial charge in [0.1, 0.15) is 5.82 Å². The van der Waals surface area contributed by atoms with Crippen LogP contribution in [0.3, 0.4) is 0 Å². The number of aliphatic hydroxyl groups excluding tert-OH is 1. The lowest BCUT2D eigenvalue weighted by Crippen LogP contribution is -2.29. The van der Waals surface area contributed by atoms with Gasteiger partial charge >= 0.3 is 0 Å². The van der Waals surface area contributed by atoms with Gasteiger partial charge in [0, 0.05) is 19.7 Å². The van der Waals surface area contributed by atoms with Crippen molar-refractivity contribution in [3.63, 3.8) is 0 Å². The van der Waals surface area contributed by atoms with Crippen molar-refractivity contribution < 1.29 is 9.50 Å². The molecule has 1 fully saturated rings. The van der Waals surface area contributed by atoms with Crippen LogP contribution in [0.2, 0.25) is 0 Å². The van der Waals surface area contributed by atoms with Crippen LogP contribution in [0.25, 0.3) is 0 Å². The molecule has 0 aromatic carbocycles. The third kappa shape index (κ3) is 4.23. The van der Waals surface area contributed by atoms with E-state index in [0.717, 1.165) is 44.7 Å². The fourth-order valence-electron chi connectivity index (χ4n) is 2.77. The summed E-state index contributed by atoms with van der Waals surface area (Å²) in [6.45, 7) is 6.23. The lowest BCUT2D eigenvalue weighted by atomic mass is 10.1. The zero-order valence-corrected chi connectivity index (χ0v) is 12.1. The number of hydrogen-bond acceptors (Lipinski definition) is 4. The average Bonchev–Trinajstić information content (AvgIpc) is 2.92. The molecule has 2 unspecified atom stereocenters. The van der Waals surface area contributed by atoms with Crippen molar-refractivity contribution in [2.75, 3.05) is 32.8 Å². The number of rotatable bonds is 7. The van der Waals surface area contributed by atoms with Crippen LogP contribution in [0.15, 0.2) is 18.3 Å². The average molecular weight is 281 g/mol. The molecule has 20 heavy (non-hydrogen) atoms. The number of nitrogens with zero attached hydrogens (tertiary/aromatic N) is 2. The third-order valence-corrected chi connectivity index (χ3v) is 3.92. The second-order valence-electron chi connectivity index (χ2n) is 5.44. The Morgan fingerprint density at radius 2 is 2.40 bits per heavy atom. The number of likely N-dealkylation sites (tertiary alicyclic amines) is 1. The monoisotopic (exact) mass is 281 g/mol. The third-order valence-electron chi connectivity index (χ3n) is 3.92. The molecular formula is C15H24FN3O. The molecule has 1 aliphatic heterocycles. The van der Waals surface area contributed by atoms with Crippen LogP contribution in [0.5, 0.6) is 0 Å². The van der Waals surface area contributed by atoms with E-state index >= 15 is 0 Å². The fraction of sp³-hybridized carbons (Fsp3) is 0.667. The van der Waals surface area contributed by atoms with Gasteiger partial charge in [-0.2, -0.15) is 0 Å². The summed E-state index contributed by atoms with van der Waals surface area (Å²) < 4.78 is 12.9. The highest BCUT2D eigenvalue weighted by Gasteiger charge is 2.22. The van der Waals surface area contributed by atoms with Crippen molar-refractivity contribution >= 4 is 0 Å². The molecule has 2 heterocycles. The van der Waals surface area contributed by atoms with E-state index in [1.165, 1.54) is 12.3 Å². The van der Waals surface area contributed by atoms with Gasteiger partial charge in [0.25, 0.3) is 0 Å². The van der Waals surface area contributed by atoms with E-state index in [-0.39, 0.29) is 18.5 Å². The number of aromatic nitrogens is 1. The second-order valence-corrected chi connectivity index (χ2v) is 5.44. The van der Waals surface area contributed by atoms with E-state index in [1.807, 2.05) is 0 Å². The molecule has 1 aromatic heterocycles. The quantitative estimate of drug-likeness (QED) is 0.796. The lowest BCUT2D eigenvalue weighted by Gasteiger charge is -2.21. The Kier molecular flexibility index (Phi) is 5.88. The highest BCUT2D eigenvalue weighted by atomic mass is 19.1. The summed E-state index contributed by atoms with van der Waals surface area (Å²) >= 11 is 0. The molecule has 2 N–H and O–H groups in total. The maximum atomic E-state index is 12.9. The first-order valence-corrected chi connectivity index (χ1v) is 7.41. The molecular weight excluding hydrogens is 257 g/mol. The number of aliphatic hydroxyl groups is 1. The van der Waals surface area contributed by atoms with Crippen LogP contribution in [-0.2, 0) is 0 Å². The first-order valence-electron chi connectivity index (χ1n) is 7.41. The summed E-state index contributed by atoms with van der Waals surface area (Å²) in [5.41, 5.74) is 0.895. The normalized spacial score (nSPS) is 21.2. The highest BCUT2D eigenvalue weighted by Crippen LogP contribution is 2.19. The minimum atomic E-state index is -0.297. The van der Waals surface area contributed by atoms with Gasteiger partial charge in [0.2, 0.25) is 0 Å². The minimum absolute atomic E-state index is 0.161. The Morgan fingerprint density at radius 3 is 3.00 bits per heavy atom. The largest absolute Gasteiger partial charge is 0.396 e. The zero-order valence-electron chi connectivity index (χ0n) is 12.1. The molecule has 0 aliphatic carbocycles. The fourth-order valence-corrected chi connectivity index (χ4v) is 2.77. The summed E-state index contributed by atoms with van der Waals surface area (Å²) in [4.78, 5) is 6.56. The Bertz CT molecular complexity index is 399. The van der Waals surface area contributed by atoms with Gasteiger partial charge in [0.15, 0.2) is 0 Å². The summed E-state index contributed by atoms with van der Waals surface area (Å²) in [6.07, 6.45) is 3.30. The molecule has 1 aromatic rings. The van der Waals surface area contributed by atoms with Crippen molar-refractivity contribution in [2.24, 2.45) is 5.92 Å². The van der Waals surface area contributed by atoms with E-state index < -0.39 is 0 Å². The second kappa shape index (κ2) is 7.67. The number of halogens is 1. The van der Waals surface area contributed by atoms with Crippen LogP contribution in [0, 0.1) is 11.7 Å². The smallest absolute Gasteiger partial charge is 0.141 e. The molecule has 0 saturated carbocycles. The van der Waals surface area contributed by atoms with Gasteiger partial charge in [-0.1, -0.05) is 6.92 Å². The molecule has 2 rings (SSSR count). The van der Waals surface area contributed by atoms with Crippen LogP contribution in [0.4, 0.5) is 4.39 Å². The first kappa shape index (κ1) is 15.4. The summed E-state index contributed by atoms with van der Waals surface area (Å²) in [5, 5.41) is 12.6. The van der Waals surface area contributed by atoms with Gasteiger partial charge in [-0.05, 0) is 44.0 Å². The first-order chi connectivity index (χ1) is 9.72. The molecule has 0 spiro atoms. The van der Waals surface area contributed by atoms with Crippen LogP contribution >= 0.6 is 0 Å². The zero-order chi connectivity index (χ0) is 14.4. The van der Waals surface area contributed by atoms with Crippen molar-refractivity contribution in [1.29, 1.82) is 0 Å². The Balaban J connectivity index is 1.88. The Hall–Kier alpha value is -1.04. The van der Waals surface area contributed by atoms with Crippen LogP contribution in [-0.4, -0.2) is 47.8 Å². The molecule has 1 saturated heterocycles. The molecule has 4 nitrogen and oxygen atoms in total. The van der Waals surface area contributed by atoms with E-state index in [1.54, 1.807) is 6.07 Å². The number of hydrogen-bond donors (Lipinski definition) is 2. The molecule has 5 heteroatoms. The maximum Gasteiger partial charge on any atom is 0.141 e. The minimum Gasteiger partial charge on any atom is -0.396 e. The van der Waals surface area contributed by atoms with E-state index in [2.05, 4.69) is 22.1 Å². The van der Waals surface area contributed by atoms with Gasteiger partial charge in [-0.3, -0.25) is 4.98 Å². The Labute approximate surface area is 120 Å². The number of nitrogens with one attached hydrogen (secondary N) is 1. The topological polar surface area (TPSA) is 48.4 Å². The summed E-state index contributed by atoms with van der Waals surface area (Å²) in [6, 6.07) is 3.38. The van der Waals surface area contributed by atoms with E-state index in [4.69, 9.17) is 5.11 Å². The van der Waals surface area contributed by atoms with Crippen molar-refractivity contribution in [3.05, 3.63) is 29.8 Å². The van der Waals surface area contributed by atoms with Crippen LogP contribution in [0.1, 0.15) is 31.5 Å². The predicted molar refractivity (Wildman–Crippen MR) is 76.9 cm³/mol. The molecule has 0 amide bonds. The Morgan fingerprint density at radius 1 is 1.55 bits per heavy atom. The maximum absolute atomic E-state index is 12.9. The molecule has 0 bridgehead atoms. The standard InChI is InChI=1S/C15H24FN3O/c1-2-17-15(14-4-3-13(16)9-18-14)6-8-19-7-5-12(10-19)11-20/h3-4,9,12,15,17,20H,2,5-8,10-11H2,1H3. The summed E-state index contributed by atoms with van der Waals surface area (Å²) in [7, 11) is 0. The highest BCUT2D eigenvalue weighted by molar-refractivity contribution is 5.10. The van der Waals surface area contributed by atoms with Gasteiger partial charge in [0.05, 0.1) is 17.9 Å². The van der Waals surface area contributed by atoms with Crippen molar-refractivity contribution in [1.82, 2.24) is 15.2 Å². The van der Waals surface area contributed by atoms with Crippen molar-refractivity contribution in [2.45, 2.75) is 25.8 Å². The van der Waals surface area contributed by atoms with Gasteiger partial charge in [-0.25, -0.2) is 4.39 Å². The van der Waals surface area contributed by atoms with E-state index in [0.29, 0.717) is 5.92 Å². The SMILES string of the molecule is CCNC(CCN1CCC(CO)C1)c1ccc(F)cn1. The molecule has 1 aliphatic rings. The predicted octanol–water partition coefficient (Wildman–Crippen LogP) is 1.58. The summed E-state index contributed by atoms with van der Waals surface area (Å²) in [5.74, 6) is 0.130. The molecule has 112 valence electrons. The van der Waals surface area contributed by atoms with Gasteiger partial charge < -0.3 is 15.3 Å². The van der Waals surface area contributed by atoms with Crippen LogP contribution < -0.4 is 5.32 Å². The van der Waals surface area contributed by atoms with E-state index in [9.17, 15) is 4.39 Å². The molecule has 0 radical (unpaired) electrons. The van der Waals surface area contributed by atoms with Crippen molar-refractivity contribution in [3.8, 4) is 0 Å².